The number of aryl methyl sites for hydroxylation is 1. The maximum absolute atomic E-state index is 13.6. The second-order valence-electron chi connectivity index (χ2n) is 9.54. The number of aromatic nitrogens is 2. The van der Waals surface area contributed by atoms with Crippen LogP contribution in [0.5, 0.6) is 0 Å². The number of likely N-dealkylation sites (N-methyl/N-ethyl adjacent to an activating group) is 1. The van der Waals surface area contributed by atoms with E-state index in [2.05, 4.69) is 20.2 Å². The summed E-state index contributed by atoms with van der Waals surface area (Å²) in [5.41, 5.74) is -1.19. The molecular formula is C24H33F3N6O4S. The van der Waals surface area contributed by atoms with Gasteiger partial charge in [0.2, 0.25) is 10.0 Å². The molecule has 2 aliphatic heterocycles. The van der Waals surface area contributed by atoms with E-state index in [-0.39, 0.29) is 22.4 Å². The minimum absolute atomic E-state index is 0.0869. The lowest BCUT2D eigenvalue weighted by molar-refractivity contribution is -0.141. The molecule has 1 amide bonds. The number of sulfonamides is 1. The zero-order valence-electron chi connectivity index (χ0n) is 21.4. The second kappa shape index (κ2) is 11.7. The first-order valence-electron chi connectivity index (χ1n) is 12.5. The molecule has 0 radical (unpaired) electrons. The van der Waals surface area contributed by atoms with Crippen molar-refractivity contribution in [3.8, 4) is 0 Å². The predicted molar refractivity (Wildman–Crippen MR) is 134 cm³/mol. The van der Waals surface area contributed by atoms with Crippen LogP contribution in [0.1, 0.15) is 35.4 Å². The molecule has 1 N–H and O–H groups in total. The average molecular weight is 559 g/mol. The van der Waals surface area contributed by atoms with Crippen LogP contribution in [0.15, 0.2) is 35.2 Å². The van der Waals surface area contributed by atoms with Crippen LogP contribution in [-0.4, -0.2) is 97.4 Å². The number of piperidine rings is 1. The summed E-state index contributed by atoms with van der Waals surface area (Å²) in [7, 11) is -0.623. The zero-order chi connectivity index (χ0) is 27.5. The summed E-state index contributed by atoms with van der Waals surface area (Å²) in [6, 6.07) is 6.31. The maximum atomic E-state index is 13.6. The van der Waals surface area contributed by atoms with Crippen molar-refractivity contribution in [3.05, 3.63) is 41.7 Å². The van der Waals surface area contributed by atoms with Crippen LogP contribution in [-0.2, 0) is 28.0 Å². The number of nitrogens with one attached hydrogen (secondary N) is 1. The third-order valence-electron chi connectivity index (χ3n) is 6.93. The van der Waals surface area contributed by atoms with Gasteiger partial charge in [0.15, 0.2) is 5.69 Å². The van der Waals surface area contributed by atoms with Crippen molar-refractivity contribution in [1.82, 2.24) is 23.9 Å². The Bertz CT molecular complexity index is 1210. The Balaban J connectivity index is 1.43. The van der Waals surface area contributed by atoms with Crippen LogP contribution < -0.4 is 5.32 Å². The Morgan fingerprint density at radius 2 is 1.84 bits per heavy atom. The van der Waals surface area contributed by atoms with Gasteiger partial charge in [0.1, 0.15) is 5.69 Å². The summed E-state index contributed by atoms with van der Waals surface area (Å²) in [5.74, 6) is -0.788. The van der Waals surface area contributed by atoms with Crippen molar-refractivity contribution < 1.29 is 31.1 Å². The highest BCUT2D eigenvalue weighted by molar-refractivity contribution is 7.89. The zero-order valence-corrected chi connectivity index (χ0v) is 22.3. The molecule has 14 heteroatoms. The first-order chi connectivity index (χ1) is 18.0. The highest BCUT2D eigenvalue weighted by atomic mass is 32.2. The fraction of sp³-hybridized carbons (Fsp3) is 0.583. The summed E-state index contributed by atoms with van der Waals surface area (Å²) in [5, 5.41) is 5.84. The van der Waals surface area contributed by atoms with Gasteiger partial charge < -0.3 is 10.1 Å². The number of nitrogens with zero attached hydrogens (tertiary/aromatic N) is 5. The van der Waals surface area contributed by atoms with Crippen molar-refractivity contribution in [2.45, 2.75) is 36.5 Å². The molecule has 38 heavy (non-hydrogen) atoms. The number of alkyl halides is 3. The van der Waals surface area contributed by atoms with E-state index in [1.54, 1.807) is 0 Å². The molecule has 0 saturated carbocycles. The number of carbonyl (C=O) groups is 1. The van der Waals surface area contributed by atoms with E-state index < -0.39 is 27.8 Å². The van der Waals surface area contributed by atoms with Crippen molar-refractivity contribution in [1.29, 1.82) is 0 Å². The van der Waals surface area contributed by atoms with Crippen LogP contribution in [0.25, 0.3) is 0 Å². The van der Waals surface area contributed by atoms with Crippen LogP contribution in [0.3, 0.4) is 0 Å². The minimum Gasteiger partial charge on any atom is -0.379 e. The van der Waals surface area contributed by atoms with E-state index in [0.29, 0.717) is 25.8 Å². The molecule has 0 spiro atoms. The Morgan fingerprint density at radius 1 is 1.16 bits per heavy atom. The fourth-order valence-electron chi connectivity index (χ4n) is 4.74. The quantitative estimate of drug-likeness (QED) is 0.532. The van der Waals surface area contributed by atoms with Crippen molar-refractivity contribution in [2.24, 2.45) is 7.05 Å². The maximum Gasteiger partial charge on any atom is 0.435 e. The SMILES string of the molecule is CN(CCN1CCOCC1)C1CCCCN1S(=O)(=O)c1ccc(NC(=O)c2cc(C(F)(F)F)nn2C)cc1. The number of anilines is 1. The van der Waals surface area contributed by atoms with Gasteiger partial charge in [-0.15, -0.1) is 0 Å². The lowest BCUT2D eigenvalue weighted by Crippen LogP contribution is -2.53. The Morgan fingerprint density at radius 3 is 2.47 bits per heavy atom. The van der Waals surface area contributed by atoms with Gasteiger partial charge in [0.05, 0.1) is 24.3 Å². The molecule has 0 aliphatic carbocycles. The first-order valence-corrected chi connectivity index (χ1v) is 14.0. The first kappa shape index (κ1) is 28.5. The standard InChI is InChI=1S/C24H33F3N6O4S/c1-30(11-12-32-13-15-37-16-14-32)22-5-3-4-10-33(22)38(35,36)19-8-6-18(7-9-19)28-23(34)20-17-21(24(25,26)27)29-31(20)2/h6-9,17,22H,3-5,10-16H2,1-2H3,(H,28,34). The minimum atomic E-state index is -4.67. The molecule has 2 aliphatic rings. The number of carbonyl (C=O) groups excluding carboxylic acids is 1. The number of ether oxygens (including phenoxy) is 1. The number of benzene rings is 1. The monoisotopic (exact) mass is 558 g/mol. The highest BCUT2D eigenvalue weighted by Gasteiger charge is 2.37. The number of morpholine rings is 1. The molecule has 2 aromatic rings. The smallest absolute Gasteiger partial charge is 0.379 e. The molecule has 4 rings (SSSR count). The summed E-state index contributed by atoms with van der Waals surface area (Å²) >= 11 is 0. The number of hydrogen-bond acceptors (Lipinski definition) is 7. The third kappa shape index (κ3) is 6.54. The third-order valence-corrected chi connectivity index (χ3v) is 8.84. The molecule has 1 unspecified atom stereocenters. The summed E-state index contributed by atoms with van der Waals surface area (Å²) in [6.07, 6.45) is -2.49. The van der Waals surface area contributed by atoms with Gasteiger partial charge >= 0.3 is 6.18 Å². The molecule has 1 atom stereocenters. The topological polar surface area (TPSA) is 100 Å². The van der Waals surface area contributed by atoms with E-state index in [1.165, 1.54) is 35.6 Å². The normalized spacial score (nSPS) is 20.1. The molecule has 1 aromatic carbocycles. The van der Waals surface area contributed by atoms with Gasteiger partial charge in [0, 0.05) is 51.5 Å². The molecule has 0 bridgehead atoms. The summed E-state index contributed by atoms with van der Waals surface area (Å²) in [4.78, 5) is 17.0. The lowest BCUT2D eigenvalue weighted by atomic mass is 10.1. The van der Waals surface area contributed by atoms with E-state index in [0.717, 1.165) is 50.1 Å². The van der Waals surface area contributed by atoms with Crippen molar-refractivity contribution in [3.63, 3.8) is 0 Å². The van der Waals surface area contributed by atoms with Gasteiger partial charge in [-0.2, -0.15) is 22.6 Å². The van der Waals surface area contributed by atoms with Gasteiger partial charge in [-0.3, -0.25) is 19.3 Å². The lowest BCUT2D eigenvalue weighted by Gasteiger charge is -2.41. The summed E-state index contributed by atoms with van der Waals surface area (Å²) in [6.45, 7) is 5.13. The summed E-state index contributed by atoms with van der Waals surface area (Å²) < 4.78 is 73.7. The van der Waals surface area contributed by atoms with Crippen LogP contribution in [0.4, 0.5) is 18.9 Å². The second-order valence-corrected chi connectivity index (χ2v) is 11.4. The van der Waals surface area contributed by atoms with Crippen LogP contribution >= 0.6 is 0 Å². The van der Waals surface area contributed by atoms with Crippen molar-refractivity contribution in [2.75, 3.05) is 58.3 Å². The van der Waals surface area contributed by atoms with E-state index in [1.807, 2.05) is 7.05 Å². The van der Waals surface area contributed by atoms with Gasteiger partial charge in [-0.1, -0.05) is 0 Å². The molecule has 2 fully saturated rings. The van der Waals surface area contributed by atoms with Gasteiger partial charge in [-0.05, 0) is 50.6 Å². The highest BCUT2D eigenvalue weighted by Crippen LogP contribution is 2.29. The van der Waals surface area contributed by atoms with E-state index in [4.69, 9.17) is 4.74 Å². The largest absolute Gasteiger partial charge is 0.435 e. The Kier molecular flexibility index (Phi) is 8.77. The van der Waals surface area contributed by atoms with Gasteiger partial charge in [-0.25, -0.2) is 8.42 Å². The van der Waals surface area contributed by atoms with Crippen LogP contribution in [0, 0.1) is 0 Å². The molecule has 1 aromatic heterocycles. The van der Waals surface area contributed by atoms with Crippen molar-refractivity contribution >= 4 is 21.6 Å². The molecule has 210 valence electrons. The molecular weight excluding hydrogens is 525 g/mol. The predicted octanol–water partition coefficient (Wildman–Crippen LogP) is 2.46. The van der Waals surface area contributed by atoms with Gasteiger partial charge in [0.25, 0.3) is 5.91 Å². The number of amides is 1. The Hall–Kier alpha value is -2.52. The molecule has 10 nitrogen and oxygen atoms in total. The number of halogens is 3. The number of rotatable bonds is 8. The average Bonchev–Trinajstić information content (AvgIpc) is 3.30. The number of hydrogen-bond donors (Lipinski definition) is 1. The van der Waals surface area contributed by atoms with E-state index in [9.17, 15) is 26.4 Å². The van der Waals surface area contributed by atoms with Crippen LogP contribution in [0.2, 0.25) is 0 Å². The fourth-order valence-corrected chi connectivity index (χ4v) is 6.45. The molecule has 2 saturated heterocycles. The molecule has 3 heterocycles. The van der Waals surface area contributed by atoms with E-state index >= 15 is 0 Å². The Labute approximate surface area is 220 Å².